The van der Waals surface area contributed by atoms with Crippen molar-refractivity contribution in [1.29, 1.82) is 0 Å². The summed E-state index contributed by atoms with van der Waals surface area (Å²) in [5.41, 5.74) is 0.0525. The van der Waals surface area contributed by atoms with Gasteiger partial charge in [0.15, 0.2) is 11.6 Å². The number of rotatable bonds is 4. The van der Waals surface area contributed by atoms with Crippen LogP contribution in [-0.2, 0) is 0 Å². The van der Waals surface area contributed by atoms with Gasteiger partial charge in [-0.15, -0.1) is 0 Å². The maximum absolute atomic E-state index is 13.6. The lowest BCUT2D eigenvalue weighted by Gasteiger charge is -2.26. The van der Waals surface area contributed by atoms with Crippen LogP contribution < -0.4 is 0 Å². The number of benzene rings is 1. The number of hydrogen-bond donors (Lipinski definition) is 1. The van der Waals surface area contributed by atoms with Gasteiger partial charge in [-0.05, 0) is 31.9 Å². The van der Waals surface area contributed by atoms with Crippen LogP contribution >= 0.6 is 0 Å². The summed E-state index contributed by atoms with van der Waals surface area (Å²) in [5, 5.41) is 10.1. The molecule has 2 atom stereocenters. The Kier molecular flexibility index (Phi) is 4.30. The highest BCUT2D eigenvalue weighted by atomic mass is 19.2. The second-order valence-corrected chi connectivity index (χ2v) is 4.86. The van der Waals surface area contributed by atoms with E-state index in [1.54, 1.807) is 0 Å². The predicted octanol–water partition coefficient (Wildman–Crippen LogP) is 2.87. The third-order valence-electron chi connectivity index (χ3n) is 3.72. The normalized spacial score (nSPS) is 22.3. The lowest BCUT2D eigenvalue weighted by Crippen LogP contribution is -2.33. The molecule has 1 aromatic carbocycles. The molecule has 1 saturated heterocycles. The molecule has 2 rings (SSSR count). The van der Waals surface area contributed by atoms with Crippen LogP contribution in [0.4, 0.5) is 8.78 Å². The second kappa shape index (κ2) is 5.76. The highest BCUT2D eigenvalue weighted by molar-refractivity contribution is 5.21. The zero-order valence-electron chi connectivity index (χ0n) is 10.6. The molecule has 0 amide bonds. The molecule has 2 nitrogen and oxygen atoms in total. The van der Waals surface area contributed by atoms with Crippen LogP contribution in [0.5, 0.6) is 0 Å². The molecule has 100 valence electrons. The number of aliphatic hydroxyl groups excluding tert-OH is 1. The van der Waals surface area contributed by atoms with Gasteiger partial charge in [0.1, 0.15) is 0 Å². The molecule has 0 radical (unpaired) electrons. The minimum absolute atomic E-state index is 0.0525. The average Bonchev–Trinajstić information content (AvgIpc) is 2.79. The van der Waals surface area contributed by atoms with Crippen molar-refractivity contribution in [3.8, 4) is 0 Å². The van der Waals surface area contributed by atoms with Gasteiger partial charge in [0.05, 0.1) is 6.10 Å². The van der Waals surface area contributed by atoms with Gasteiger partial charge < -0.3 is 5.11 Å². The van der Waals surface area contributed by atoms with Gasteiger partial charge in [-0.2, -0.15) is 0 Å². The Morgan fingerprint density at radius 1 is 1.44 bits per heavy atom. The zero-order chi connectivity index (χ0) is 13.1. The van der Waals surface area contributed by atoms with Gasteiger partial charge in [0.25, 0.3) is 0 Å². The molecule has 4 heteroatoms. The van der Waals surface area contributed by atoms with E-state index < -0.39 is 17.7 Å². The number of nitrogens with zero attached hydrogens (tertiary/aromatic N) is 1. The van der Waals surface area contributed by atoms with Gasteiger partial charge in [-0.3, -0.25) is 4.90 Å². The Labute approximate surface area is 106 Å². The van der Waals surface area contributed by atoms with E-state index in [1.807, 2.05) is 0 Å². The van der Waals surface area contributed by atoms with Crippen molar-refractivity contribution in [3.05, 3.63) is 35.4 Å². The van der Waals surface area contributed by atoms with Crippen LogP contribution in [0.15, 0.2) is 18.2 Å². The summed E-state index contributed by atoms with van der Waals surface area (Å²) in [4.78, 5) is 2.16. The molecule has 1 aliphatic rings. The third-order valence-corrected chi connectivity index (χ3v) is 3.72. The molecular weight excluding hydrogens is 236 g/mol. The van der Waals surface area contributed by atoms with Crippen molar-refractivity contribution in [2.45, 2.75) is 38.3 Å². The highest BCUT2D eigenvalue weighted by Gasteiger charge is 2.26. The molecule has 1 N–H and O–H groups in total. The van der Waals surface area contributed by atoms with E-state index in [0.717, 1.165) is 31.9 Å². The molecule has 0 aliphatic carbocycles. The minimum Gasteiger partial charge on any atom is -0.387 e. The summed E-state index contributed by atoms with van der Waals surface area (Å²) in [6, 6.07) is 4.39. The standard InChI is InChI=1S/C14H19F2NO/c1-2-10-5-4-8-17(10)9-13(18)11-6-3-7-12(15)14(11)16/h3,6-7,10,13,18H,2,4-5,8-9H2,1H3. The van der Waals surface area contributed by atoms with Crippen molar-refractivity contribution in [1.82, 2.24) is 4.90 Å². The minimum atomic E-state index is -0.965. The SMILES string of the molecule is CCC1CCCN1CC(O)c1cccc(F)c1F. The largest absolute Gasteiger partial charge is 0.387 e. The van der Waals surface area contributed by atoms with Crippen LogP contribution in [0.3, 0.4) is 0 Å². The number of aliphatic hydroxyl groups is 1. The summed E-state index contributed by atoms with van der Waals surface area (Å²) in [5.74, 6) is -1.84. The molecule has 1 aromatic rings. The number of halogens is 2. The van der Waals surface area contributed by atoms with E-state index in [9.17, 15) is 13.9 Å². The molecule has 1 fully saturated rings. The van der Waals surface area contributed by atoms with E-state index >= 15 is 0 Å². The van der Waals surface area contributed by atoms with Crippen molar-refractivity contribution in [2.24, 2.45) is 0 Å². The molecule has 0 saturated carbocycles. The number of likely N-dealkylation sites (tertiary alicyclic amines) is 1. The predicted molar refractivity (Wildman–Crippen MR) is 66.2 cm³/mol. The Bertz CT molecular complexity index is 411. The van der Waals surface area contributed by atoms with Crippen LogP contribution in [-0.4, -0.2) is 29.1 Å². The first-order valence-corrected chi connectivity index (χ1v) is 6.49. The fourth-order valence-electron chi connectivity index (χ4n) is 2.70. The summed E-state index contributed by atoms with van der Waals surface area (Å²) < 4.78 is 26.6. The topological polar surface area (TPSA) is 23.5 Å². The van der Waals surface area contributed by atoms with Crippen LogP contribution in [0, 0.1) is 11.6 Å². The molecule has 1 aliphatic heterocycles. The zero-order valence-corrected chi connectivity index (χ0v) is 10.6. The lowest BCUT2D eigenvalue weighted by molar-refractivity contribution is 0.102. The molecular formula is C14H19F2NO. The van der Waals surface area contributed by atoms with Gasteiger partial charge >= 0.3 is 0 Å². The van der Waals surface area contributed by atoms with Gasteiger partial charge in [-0.1, -0.05) is 19.1 Å². The summed E-state index contributed by atoms with van der Waals surface area (Å²) in [6.07, 6.45) is 2.29. The van der Waals surface area contributed by atoms with E-state index in [4.69, 9.17) is 0 Å². The van der Waals surface area contributed by atoms with Gasteiger partial charge in [-0.25, -0.2) is 8.78 Å². The maximum atomic E-state index is 13.6. The fraction of sp³-hybridized carbons (Fsp3) is 0.571. The molecule has 18 heavy (non-hydrogen) atoms. The lowest BCUT2D eigenvalue weighted by atomic mass is 10.1. The van der Waals surface area contributed by atoms with Crippen LogP contribution in [0.25, 0.3) is 0 Å². The van der Waals surface area contributed by atoms with Gasteiger partial charge in [0.2, 0.25) is 0 Å². The molecule has 0 aromatic heterocycles. The molecule has 0 spiro atoms. The Hall–Kier alpha value is -1.00. The van der Waals surface area contributed by atoms with Crippen molar-refractivity contribution in [2.75, 3.05) is 13.1 Å². The Morgan fingerprint density at radius 2 is 2.22 bits per heavy atom. The fourth-order valence-corrected chi connectivity index (χ4v) is 2.70. The Morgan fingerprint density at radius 3 is 2.94 bits per heavy atom. The summed E-state index contributed by atoms with van der Waals surface area (Å²) in [6.45, 7) is 3.41. The smallest absolute Gasteiger partial charge is 0.164 e. The van der Waals surface area contributed by atoms with E-state index in [0.29, 0.717) is 12.6 Å². The van der Waals surface area contributed by atoms with Crippen molar-refractivity contribution < 1.29 is 13.9 Å². The summed E-state index contributed by atoms with van der Waals surface area (Å²) in [7, 11) is 0. The first kappa shape index (κ1) is 13.4. The Balaban J connectivity index is 2.07. The first-order chi connectivity index (χ1) is 8.63. The van der Waals surface area contributed by atoms with Crippen LogP contribution in [0.1, 0.15) is 37.9 Å². The van der Waals surface area contributed by atoms with E-state index in [2.05, 4.69) is 11.8 Å². The van der Waals surface area contributed by atoms with Crippen LogP contribution in [0.2, 0.25) is 0 Å². The quantitative estimate of drug-likeness (QED) is 0.894. The second-order valence-electron chi connectivity index (χ2n) is 4.86. The van der Waals surface area contributed by atoms with E-state index in [-0.39, 0.29) is 5.56 Å². The number of hydrogen-bond acceptors (Lipinski definition) is 2. The molecule has 1 heterocycles. The monoisotopic (exact) mass is 255 g/mol. The van der Waals surface area contributed by atoms with Crippen molar-refractivity contribution in [3.63, 3.8) is 0 Å². The summed E-state index contributed by atoms with van der Waals surface area (Å²) >= 11 is 0. The van der Waals surface area contributed by atoms with Gasteiger partial charge in [0, 0.05) is 18.2 Å². The highest BCUT2D eigenvalue weighted by Crippen LogP contribution is 2.25. The van der Waals surface area contributed by atoms with E-state index in [1.165, 1.54) is 12.1 Å². The maximum Gasteiger partial charge on any atom is 0.164 e. The van der Waals surface area contributed by atoms with Crippen molar-refractivity contribution >= 4 is 0 Å². The third kappa shape index (κ3) is 2.70. The first-order valence-electron chi connectivity index (χ1n) is 6.49. The number of β-amino-alcohol motifs (C(OH)–C–C–N with tert-alkyl or cyclic N) is 1. The molecule has 2 unspecified atom stereocenters. The average molecular weight is 255 g/mol. The molecule has 0 bridgehead atoms.